The van der Waals surface area contributed by atoms with Crippen LogP contribution in [0.5, 0.6) is 0 Å². The summed E-state index contributed by atoms with van der Waals surface area (Å²) in [6.07, 6.45) is -3.20. The number of rotatable bonds is 5. The van der Waals surface area contributed by atoms with Crippen molar-refractivity contribution in [3.63, 3.8) is 0 Å². The molecule has 0 unspecified atom stereocenters. The predicted molar refractivity (Wildman–Crippen MR) is 107 cm³/mol. The van der Waals surface area contributed by atoms with Gasteiger partial charge in [-0.1, -0.05) is 0 Å². The Morgan fingerprint density at radius 3 is 2.12 bits per heavy atom. The van der Waals surface area contributed by atoms with Gasteiger partial charge in [0, 0.05) is 23.4 Å². The van der Waals surface area contributed by atoms with Crippen LogP contribution in [-0.2, 0) is 15.7 Å². The summed E-state index contributed by atoms with van der Waals surface area (Å²) in [6.45, 7) is 0. The summed E-state index contributed by atoms with van der Waals surface area (Å²) in [5.74, 6) is -2.44. The first-order valence-electron chi connectivity index (χ1n) is 9.71. The number of methoxy groups -OCH3 is 2. The van der Waals surface area contributed by atoms with E-state index in [1.807, 2.05) is 0 Å². The van der Waals surface area contributed by atoms with Crippen molar-refractivity contribution >= 4 is 29.2 Å². The van der Waals surface area contributed by atoms with Crippen LogP contribution in [0.4, 0.5) is 18.9 Å². The molecule has 3 aromatic rings. The Balaban J connectivity index is 1.71. The van der Waals surface area contributed by atoms with E-state index in [0.717, 1.165) is 39.2 Å². The zero-order valence-electron chi connectivity index (χ0n) is 17.4. The van der Waals surface area contributed by atoms with Gasteiger partial charge in [0.15, 0.2) is 11.3 Å². The summed E-state index contributed by atoms with van der Waals surface area (Å²) < 4.78 is 50.6. The monoisotopic (exact) mass is 462 g/mol. The molecule has 33 heavy (non-hydrogen) atoms. The number of nitrogens with one attached hydrogen (secondary N) is 1. The molecule has 9 nitrogen and oxygen atoms in total. The van der Waals surface area contributed by atoms with Crippen molar-refractivity contribution in [3.05, 3.63) is 58.5 Å². The van der Waals surface area contributed by atoms with Gasteiger partial charge in [0.05, 0.1) is 25.3 Å². The molecule has 1 aliphatic carbocycles. The van der Waals surface area contributed by atoms with Crippen LogP contribution < -0.4 is 5.32 Å². The van der Waals surface area contributed by atoms with Gasteiger partial charge in [-0.3, -0.25) is 4.79 Å². The Morgan fingerprint density at radius 1 is 1.00 bits per heavy atom. The predicted octanol–water partition coefficient (Wildman–Crippen LogP) is 3.45. The number of alkyl halides is 3. The van der Waals surface area contributed by atoms with Crippen molar-refractivity contribution in [1.82, 2.24) is 14.6 Å². The highest BCUT2D eigenvalue weighted by molar-refractivity contribution is 6.05. The van der Waals surface area contributed by atoms with E-state index in [9.17, 15) is 27.6 Å². The van der Waals surface area contributed by atoms with E-state index in [2.05, 4.69) is 24.9 Å². The fraction of sp³-hybridized carbons (Fsp3) is 0.286. The van der Waals surface area contributed by atoms with Gasteiger partial charge in [-0.15, -0.1) is 0 Å². The van der Waals surface area contributed by atoms with Gasteiger partial charge in [0.1, 0.15) is 5.69 Å². The lowest BCUT2D eigenvalue weighted by molar-refractivity contribution is -0.142. The smallest absolute Gasteiger partial charge is 0.433 e. The minimum absolute atomic E-state index is 0.0167. The first kappa shape index (κ1) is 22.2. The molecule has 2 heterocycles. The highest BCUT2D eigenvalue weighted by Crippen LogP contribution is 2.41. The maximum Gasteiger partial charge on any atom is 0.433 e. The zero-order chi connectivity index (χ0) is 23.9. The second kappa shape index (κ2) is 8.19. The molecule has 2 aromatic heterocycles. The van der Waals surface area contributed by atoms with Crippen LogP contribution in [0.15, 0.2) is 30.3 Å². The second-order valence-electron chi connectivity index (χ2n) is 7.37. The Kier molecular flexibility index (Phi) is 5.52. The van der Waals surface area contributed by atoms with Crippen LogP contribution in [0.1, 0.15) is 61.4 Å². The maximum atomic E-state index is 13.6. The van der Waals surface area contributed by atoms with Gasteiger partial charge < -0.3 is 14.8 Å². The first-order valence-corrected chi connectivity index (χ1v) is 9.71. The fourth-order valence-electron chi connectivity index (χ4n) is 3.26. The Hall–Kier alpha value is -3.96. The van der Waals surface area contributed by atoms with Crippen LogP contribution in [0.3, 0.4) is 0 Å². The SMILES string of the molecule is COC(=O)c1cc(NC(=O)c2cc3nc(C4CC4)cc(C(F)(F)F)n3n2)cc(C(=O)OC)c1. The third-order valence-electron chi connectivity index (χ3n) is 5.00. The highest BCUT2D eigenvalue weighted by Gasteiger charge is 2.37. The molecule has 1 aromatic carbocycles. The number of benzene rings is 1. The number of amides is 1. The summed E-state index contributed by atoms with van der Waals surface area (Å²) in [5, 5.41) is 6.21. The van der Waals surface area contributed by atoms with Crippen LogP contribution in [0, 0.1) is 0 Å². The average Bonchev–Trinajstić information content (AvgIpc) is 3.54. The number of carbonyl (C=O) groups excluding carboxylic acids is 3. The number of esters is 2. The number of anilines is 1. The number of hydrogen-bond donors (Lipinski definition) is 1. The molecule has 1 fully saturated rings. The number of nitrogens with zero attached hydrogens (tertiary/aromatic N) is 3. The molecule has 0 aliphatic heterocycles. The van der Waals surface area contributed by atoms with Crippen molar-refractivity contribution in [2.45, 2.75) is 24.9 Å². The molecule has 0 bridgehead atoms. The van der Waals surface area contributed by atoms with Crippen molar-refractivity contribution in [2.24, 2.45) is 0 Å². The van der Waals surface area contributed by atoms with Crippen LogP contribution in [0.2, 0.25) is 0 Å². The summed E-state index contributed by atoms with van der Waals surface area (Å²) in [6, 6.07) is 5.80. The minimum Gasteiger partial charge on any atom is -0.465 e. The maximum absolute atomic E-state index is 13.6. The minimum atomic E-state index is -4.70. The van der Waals surface area contributed by atoms with Crippen LogP contribution >= 0.6 is 0 Å². The molecule has 172 valence electrons. The summed E-state index contributed by atoms with van der Waals surface area (Å²) in [7, 11) is 2.28. The quantitative estimate of drug-likeness (QED) is 0.578. The Labute approximate surface area is 184 Å². The molecule has 4 rings (SSSR count). The average molecular weight is 462 g/mol. The second-order valence-corrected chi connectivity index (χ2v) is 7.37. The third kappa shape index (κ3) is 4.49. The van der Waals surface area contributed by atoms with Crippen LogP contribution in [0.25, 0.3) is 5.65 Å². The molecule has 1 N–H and O–H groups in total. The van der Waals surface area contributed by atoms with Gasteiger partial charge in [0.2, 0.25) is 0 Å². The molecule has 1 amide bonds. The van der Waals surface area contributed by atoms with Gasteiger partial charge in [0.25, 0.3) is 5.91 Å². The number of hydrogen-bond acceptors (Lipinski definition) is 7. The Bertz CT molecular complexity index is 1250. The van der Waals surface area contributed by atoms with Crippen molar-refractivity contribution in [3.8, 4) is 0 Å². The molecule has 1 saturated carbocycles. The number of aromatic nitrogens is 3. The number of halogens is 3. The van der Waals surface area contributed by atoms with Gasteiger partial charge >= 0.3 is 18.1 Å². The molecule has 1 aliphatic rings. The lowest BCUT2D eigenvalue weighted by Gasteiger charge is -2.10. The number of fused-ring (bicyclic) bond motifs is 1. The van der Waals surface area contributed by atoms with E-state index >= 15 is 0 Å². The Morgan fingerprint density at radius 2 is 1.61 bits per heavy atom. The van der Waals surface area contributed by atoms with Crippen LogP contribution in [-0.4, -0.2) is 46.7 Å². The van der Waals surface area contributed by atoms with E-state index in [-0.39, 0.29) is 34.1 Å². The largest absolute Gasteiger partial charge is 0.465 e. The molecule has 0 saturated heterocycles. The topological polar surface area (TPSA) is 112 Å². The zero-order valence-corrected chi connectivity index (χ0v) is 17.4. The van der Waals surface area contributed by atoms with E-state index in [0.29, 0.717) is 10.2 Å². The molecule has 0 atom stereocenters. The molecular formula is C21H17F3N4O5. The van der Waals surface area contributed by atoms with E-state index in [1.165, 1.54) is 18.2 Å². The van der Waals surface area contributed by atoms with Crippen molar-refractivity contribution in [1.29, 1.82) is 0 Å². The van der Waals surface area contributed by atoms with E-state index in [1.54, 1.807) is 0 Å². The molecular weight excluding hydrogens is 445 g/mol. The summed E-state index contributed by atoms with van der Waals surface area (Å²) in [4.78, 5) is 40.8. The van der Waals surface area contributed by atoms with Gasteiger partial charge in [-0.05, 0) is 37.1 Å². The highest BCUT2D eigenvalue weighted by atomic mass is 19.4. The summed E-state index contributed by atoms with van der Waals surface area (Å²) >= 11 is 0. The number of carbonyl (C=O) groups is 3. The third-order valence-corrected chi connectivity index (χ3v) is 5.00. The lowest BCUT2D eigenvalue weighted by Crippen LogP contribution is -2.16. The molecule has 0 spiro atoms. The standard InChI is InChI=1S/C21H17F3N4O5/c1-32-19(30)11-5-12(20(31)33-2)7-13(6-11)25-18(29)15-9-17-26-14(10-3-4-10)8-16(21(22,23)24)28(17)27-15/h5-10H,3-4H2,1-2H3,(H,25,29). The normalized spacial score (nSPS) is 13.6. The van der Waals surface area contributed by atoms with Gasteiger partial charge in [-0.25, -0.2) is 19.1 Å². The lowest BCUT2D eigenvalue weighted by atomic mass is 10.1. The summed E-state index contributed by atoms with van der Waals surface area (Å²) in [5.41, 5.74) is -1.24. The molecule has 0 radical (unpaired) electrons. The first-order chi connectivity index (χ1) is 15.6. The fourth-order valence-corrected chi connectivity index (χ4v) is 3.26. The number of ether oxygens (including phenoxy) is 2. The van der Waals surface area contributed by atoms with E-state index in [4.69, 9.17) is 0 Å². The van der Waals surface area contributed by atoms with Crippen molar-refractivity contribution < 1.29 is 37.0 Å². The van der Waals surface area contributed by atoms with E-state index < -0.39 is 29.7 Å². The van der Waals surface area contributed by atoms with Crippen molar-refractivity contribution in [2.75, 3.05) is 19.5 Å². The molecule has 12 heteroatoms. The van der Waals surface area contributed by atoms with Gasteiger partial charge in [-0.2, -0.15) is 18.3 Å².